The minimum absolute atomic E-state index is 0.140. The fraction of sp³-hybridized carbons (Fsp3) is 1.00. The molecule has 1 saturated heterocycles. The molecule has 2 unspecified atom stereocenters. The summed E-state index contributed by atoms with van der Waals surface area (Å²) in [7, 11) is -3.06. The number of nitrogens with one attached hydrogen (secondary N) is 1. The minimum Gasteiger partial charge on any atom is -0.374 e. The van der Waals surface area contributed by atoms with Crippen LogP contribution in [0.4, 0.5) is 0 Å². The van der Waals surface area contributed by atoms with Crippen molar-refractivity contribution in [1.82, 2.24) is 9.62 Å². The first-order valence-electron chi connectivity index (χ1n) is 7.94. The molecule has 1 fully saturated rings. The van der Waals surface area contributed by atoms with Crippen molar-refractivity contribution in [3.05, 3.63) is 0 Å². The summed E-state index contributed by atoms with van der Waals surface area (Å²) in [5.41, 5.74) is -0.140. The van der Waals surface area contributed by atoms with Crippen molar-refractivity contribution >= 4 is 10.0 Å². The average molecular weight is 320 g/mol. The van der Waals surface area contributed by atoms with E-state index in [1.807, 2.05) is 0 Å². The van der Waals surface area contributed by atoms with Gasteiger partial charge in [-0.05, 0) is 52.5 Å². The standard InChI is InChI=1S/C15H32N2O3S/c1-6-16-14(12-20-15(2,3)4)10-13-8-7-9-17(11-13)21(5,18)19/h13-14,16H,6-12H2,1-5H3. The third-order valence-corrected chi connectivity index (χ3v) is 5.05. The maximum atomic E-state index is 11.7. The van der Waals surface area contributed by atoms with E-state index in [0.717, 1.165) is 25.8 Å². The predicted octanol–water partition coefficient (Wildman–Crippen LogP) is 1.84. The van der Waals surface area contributed by atoms with Crippen LogP contribution in [0.25, 0.3) is 0 Å². The normalized spacial score (nSPS) is 23.2. The minimum atomic E-state index is -3.06. The lowest BCUT2D eigenvalue weighted by atomic mass is 9.92. The highest BCUT2D eigenvalue weighted by Crippen LogP contribution is 2.23. The summed E-state index contributed by atoms with van der Waals surface area (Å²) < 4.78 is 30.9. The lowest BCUT2D eigenvalue weighted by Gasteiger charge is -2.34. The van der Waals surface area contributed by atoms with Gasteiger partial charge in [-0.2, -0.15) is 0 Å². The van der Waals surface area contributed by atoms with Crippen LogP contribution in [0, 0.1) is 5.92 Å². The number of likely N-dealkylation sites (N-methyl/N-ethyl adjacent to an activating group) is 1. The van der Waals surface area contributed by atoms with Gasteiger partial charge in [-0.25, -0.2) is 12.7 Å². The van der Waals surface area contributed by atoms with Crippen molar-refractivity contribution in [2.45, 2.75) is 58.6 Å². The number of nitrogens with zero attached hydrogens (tertiary/aromatic N) is 1. The number of ether oxygens (including phenoxy) is 1. The van der Waals surface area contributed by atoms with E-state index in [-0.39, 0.29) is 5.60 Å². The van der Waals surface area contributed by atoms with Gasteiger partial charge in [0.15, 0.2) is 0 Å². The van der Waals surface area contributed by atoms with Crippen molar-refractivity contribution in [1.29, 1.82) is 0 Å². The topological polar surface area (TPSA) is 58.6 Å². The molecule has 0 aromatic rings. The van der Waals surface area contributed by atoms with Crippen LogP contribution in [-0.4, -0.2) is 56.9 Å². The molecule has 0 bridgehead atoms. The third-order valence-electron chi connectivity index (χ3n) is 3.78. The van der Waals surface area contributed by atoms with E-state index >= 15 is 0 Å². The van der Waals surface area contributed by atoms with Crippen LogP contribution >= 0.6 is 0 Å². The summed E-state index contributed by atoms with van der Waals surface area (Å²) in [5, 5.41) is 3.46. The second kappa shape index (κ2) is 7.90. The lowest BCUT2D eigenvalue weighted by Crippen LogP contribution is -2.43. The third kappa shape index (κ3) is 7.58. The van der Waals surface area contributed by atoms with Crippen LogP contribution in [0.5, 0.6) is 0 Å². The predicted molar refractivity (Wildman–Crippen MR) is 86.9 cm³/mol. The zero-order chi connectivity index (χ0) is 16.1. The van der Waals surface area contributed by atoms with E-state index in [2.05, 4.69) is 33.0 Å². The Balaban J connectivity index is 2.54. The molecule has 0 radical (unpaired) electrons. The van der Waals surface area contributed by atoms with Crippen LogP contribution in [0.15, 0.2) is 0 Å². The molecule has 1 N–H and O–H groups in total. The van der Waals surface area contributed by atoms with E-state index in [4.69, 9.17) is 4.74 Å². The Morgan fingerprint density at radius 3 is 2.57 bits per heavy atom. The van der Waals surface area contributed by atoms with E-state index in [1.165, 1.54) is 6.26 Å². The molecule has 21 heavy (non-hydrogen) atoms. The summed E-state index contributed by atoms with van der Waals surface area (Å²) in [5.74, 6) is 0.418. The first-order chi connectivity index (χ1) is 9.62. The highest BCUT2D eigenvalue weighted by atomic mass is 32.2. The van der Waals surface area contributed by atoms with Gasteiger partial charge >= 0.3 is 0 Å². The molecule has 1 aliphatic rings. The number of sulfonamides is 1. The van der Waals surface area contributed by atoms with Gasteiger partial charge in [0.05, 0.1) is 18.5 Å². The summed E-state index contributed by atoms with van der Waals surface area (Å²) in [6, 6.07) is 0.290. The van der Waals surface area contributed by atoms with Crippen LogP contribution < -0.4 is 5.32 Å². The van der Waals surface area contributed by atoms with E-state index < -0.39 is 10.0 Å². The van der Waals surface area contributed by atoms with Gasteiger partial charge in [0, 0.05) is 19.1 Å². The molecule has 0 spiro atoms. The second-order valence-electron chi connectivity index (χ2n) is 7.04. The summed E-state index contributed by atoms with van der Waals surface area (Å²) in [4.78, 5) is 0. The molecule has 6 heteroatoms. The Hall–Kier alpha value is -0.170. The van der Waals surface area contributed by atoms with Crippen LogP contribution in [0.1, 0.15) is 47.0 Å². The molecule has 0 aromatic carbocycles. The number of hydrogen-bond acceptors (Lipinski definition) is 4. The van der Waals surface area contributed by atoms with Gasteiger partial charge in [-0.1, -0.05) is 6.92 Å². The van der Waals surface area contributed by atoms with Crippen molar-refractivity contribution in [2.24, 2.45) is 5.92 Å². The first kappa shape index (κ1) is 18.9. The Morgan fingerprint density at radius 2 is 2.05 bits per heavy atom. The van der Waals surface area contributed by atoms with Crippen LogP contribution in [0.2, 0.25) is 0 Å². The van der Waals surface area contributed by atoms with E-state index in [0.29, 0.717) is 31.7 Å². The molecule has 5 nitrogen and oxygen atoms in total. The summed E-state index contributed by atoms with van der Waals surface area (Å²) in [6.45, 7) is 11.2. The molecule has 1 aliphatic heterocycles. The monoisotopic (exact) mass is 320 g/mol. The molecule has 1 rings (SSSR count). The Morgan fingerprint density at radius 1 is 1.38 bits per heavy atom. The smallest absolute Gasteiger partial charge is 0.211 e. The maximum absolute atomic E-state index is 11.7. The molecule has 0 amide bonds. The molecule has 1 heterocycles. The lowest BCUT2D eigenvalue weighted by molar-refractivity contribution is -0.0179. The van der Waals surface area contributed by atoms with Crippen molar-refractivity contribution in [3.63, 3.8) is 0 Å². The molecule has 2 atom stereocenters. The Labute approximate surface area is 130 Å². The SMILES string of the molecule is CCNC(COC(C)(C)C)CC1CCCN(S(C)(=O)=O)C1. The van der Waals surface area contributed by atoms with Gasteiger partial charge in [-0.3, -0.25) is 0 Å². The summed E-state index contributed by atoms with van der Waals surface area (Å²) in [6.07, 6.45) is 4.33. The van der Waals surface area contributed by atoms with E-state index in [9.17, 15) is 8.42 Å². The molecule has 126 valence electrons. The van der Waals surface area contributed by atoms with Crippen LogP contribution in [0.3, 0.4) is 0 Å². The summed E-state index contributed by atoms with van der Waals surface area (Å²) >= 11 is 0. The number of rotatable bonds is 7. The molecule has 0 aromatic heterocycles. The van der Waals surface area contributed by atoms with Crippen molar-refractivity contribution in [3.8, 4) is 0 Å². The number of piperidine rings is 1. The molecular weight excluding hydrogens is 288 g/mol. The zero-order valence-corrected chi connectivity index (χ0v) is 15.0. The fourth-order valence-corrected chi connectivity index (χ4v) is 3.71. The highest BCUT2D eigenvalue weighted by molar-refractivity contribution is 7.88. The Bertz CT molecular complexity index is 404. The van der Waals surface area contributed by atoms with Gasteiger partial charge in [0.2, 0.25) is 10.0 Å². The quantitative estimate of drug-likeness (QED) is 0.777. The fourth-order valence-electron chi connectivity index (χ4n) is 2.77. The largest absolute Gasteiger partial charge is 0.374 e. The van der Waals surface area contributed by atoms with Crippen molar-refractivity contribution in [2.75, 3.05) is 32.5 Å². The van der Waals surface area contributed by atoms with Gasteiger partial charge in [-0.15, -0.1) is 0 Å². The van der Waals surface area contributed by atoms with Gasteiger partial charge < -0.3 is 10.1 Å². The molecule has 0 aliphatic carbocycles. The zero-order valence-electron chi connectivity index (χ0n) is 14.2. The first-order valence-corrected chi connectivity index (χ1v) is 9.79. The second-order valence-corrected chi connectivity index (χ2v) is 9.03. The van der Waals surface area contributed by atoms with Gasteiger partial charge in [0.1, 0.15) is 0 Å². The van der Waals surface area contributed by atoms with E-state index in [1.54, 1.807) is 4.31 Å². The molecular formula is C15H32N2O3S. The van der Waals surface area contributed by atoms with Gasteiger partial charge in [0.25, 0.3) is 0 Å². The number of hydrogen-bond donors (Lipinski definition) is 1. The van der Waals surface area contributed by atoms with Crippen molar-refractivity contribution < 1.29 is 13.2 Å². The Kier molecular flexibility index (Phi) is 7.10. The maximum Gasteiger partial charge on any atom is 0.211 e. The molecule has 0 saturated carbocycles. The average Bonchev–Trinajstić information content (AvgIpc) is 2.35. The highest BCUT2D eigenvalue weighted by Gasteiger charge is 2.28. The van der Waals surface area contributed by atoms with Crippen LogP contribution in [-0.2, 0) is 14.8 Å².